The van der Waals surface area contributed by atoms with E-state index in [2.05, 4.69) is 31.9 Å². The molecular weight excluding hydrogens is 336 g/mol. The first kappa shape index (κ1) is 18.1. The maximum atomic E-state index is 9.35. The van der Waals surface area contributed by atoms with Crippen molar-refractivity contribution in [1.82, 2.24) is 14.9 Å². The maximum Gasteiger partial charge on any atom is 0.154 e. The summed E-state index contributed by atoms with van der Waals surface area (Å²) >= 11 is 6.38. The molecule has 134 valence electrons. The molecule has 6 heteroatoms. The van der Waals surface area contributed by atoms with Gasteiger partial charge in [-0.05, 0) is 24.3 Å². The lowest BCUT2D eigenvalue weighted by Crippen LogP contribution is -2.27. The molecule has 2 aromatic rings. The topological polar surface area (TPSA) is 52.5 Å². The first-order chi connectivity index (χ1) is 12.2. The summed E-state index contributed by atoms with van der Waals surface area (Å²) in [7, 11) is 2.03. The van der Waals surface area contributed by atoms with Gasteiger partial charge in [-0.25, -0.2) is 4.98 Å². The lowest BCUT2D eigenvalue weighted by atomic mass is 10.2. The van der Waals surface area contributed by atoms with Gasteiger partial charge in [0.25, 0.3) is 0 Å². The fraction of sp³-hybridized carbons (Fsp3) is 0.474. The molecule has 0 spiro atoms. The molecule has 25 heavy (non-hydrogen) atoms. The largest absolute Gasteiger partial charge is 0.395 e. The molecule has 1 fully saturated rings. The molecule has 0 aliphatic heterocycles. The number of benzene rings is 1. The van der Waals surface area contributed by atoms with Crippen molar-refractivity contribution in [3.8, 4) is 0 Å². The predicted octanol–water partition coefficient (Wildman–Crippen LogP) is 2.97. The molecule has 0 amide bonds. The normalized spacial score (nSPS) is 14.1. The Bertz CT molecular complexity index is 678. The van der Waals surface area contributed by atoms with E-state index in [1.807, 2.05) is 25.2 Å². The molecule has 1 heterocycles. The van der Waals surface area contributed by atoms with Gasteiger partial charge in [0.2, 0.25) is 0 Å². The van der Waals surface area contributed by atoms with Crippen LogP contribution in [0.15, 0.2) is 36.5 Å². The van der Waals surface area contributed by atoms with Crippen LogP contribution in [0.1, 0.15) is 24.1 Å². The predicted molar refractivity (Wildman–Crippen MR) is 101 cm³/mol. The van der Waals surface area contributed by atoms with E-state index in [1.54, 1.807) is 6.20 Å². The molecule has 5 nitrogen and oxygen atoms in total. The maximum absolute atomic E-state index is 9.35. The molecule has 1 aliphatic rings. The summed E-state index contributed by atoms with van der Waals surface area (Å²) in [6, 6.07) is 10.2. The molecular formula is C19H25ClN4O. The van der Waals surface area contributed by atoms with E-state index >= 15 is 0 Å². The summed E-state index contributed by atoms with van der Waals surface area (Å²) in [5.74, 6) is 1.61. The van der Waals surface area contributed by atoms with Crippen molar-refractivity contribution in [2.75, 3.05) is 31.6 Å². The number of anilines is 1. The highest BCUT2D eigenvalue weighted by Crippen LogP contribution is 2.30. The molecule has 0 atom stereocenters. The van der Waals surface area contributed by atoms with Crippen LogP contribution in [0.25, 0.3) is 0 Å². The first-order valence-corrected chi connectivity index (χ1v) is 9.13. The third-order valence-electron chi connectivity index (χ3n) is 4.45. The number of aliphatic hydroxyl groups is 1. The molecule has 0 unspecified atom stereocenters. The minimum Gasteiger partial charge on any atom is -0.395 e. The zero-order valence-electron chi connectivity index (χ0n) is 14.6. The molecule has 0 radical (unpaired) electrons. The van der Waals surface area contributed by atoms with Crippen molar-refractivity contribution < 1.29 is 5.11 Å². The summed E-state index contributed by atoms with van der Waals surface area (Å²) < 4.78 is 0. The number of hydrogen-bond acceptors (Lipinski definition) is 5. The van der Waals surface area contributed by atoms with Crippen LogP contribution in [-0.4, -0.2) is 46.7 Å². The molecule has 0 saturated heterocycles. The Morgan fingerprint density at radius 2 is 1.96 bits per heavy atom. The summed E-state index contributed by atoms with van der Waals surface area (Å²) in [6.07, 6.45) is 4.40. The smallest absolute Gasteiger partial charge is 0.154 e. The third-order valence-corrected chi connectivity index (χ3v) is 4.75. The standard InChI is InChI=1S/C19H25ClN4O/c1-23(12-16-7-8-16)18-11-21-17(19(20)22-18)14-24(9-10-25)13-15-5-3-2-4-6-15/h2-6,11,16,25H,7-10,12-14H2,1H3. The quantitative estimate of drug-likeness (QED) is 0.745. The molecule has 1 N–H and O–H groups in total. The number of nitrogens with zero attached hydrogens (tertiary/aromatic N) is 4. The van der Waals surface area contributed by atoms with E-state index in [-0.39, 0.29) is 6.61 Å². The highest BCUT2D eigenvalue weighted by Gasteiger charge is 2.23. The van der Waals surface area contributed by atoms with Crippen LogP contribution in [0.2, 0.25) is 5.15 Å². The van der Waals surface area contributed by atoms with Crippen LogP contribution in [-0.2, 0) is 13.1 Å². The second-order valence-electron chi connectivity index (χ2n) is 6.71. The Labute approximate surface area is 154 Å². The van der Waals surface area contributed by atoms with E-state index in [1.165, 1.54) is 18.4 Å². The fourth-order valence-electron chi connectivity index (χ4n) is 2.86. The Hall–Kier alpha value is -1.69. The summed E-state index contributed by atoms with van der Waals surface area (Å²) in [6.45, 7) is 2.97. The van der Waals surface area contributed by atoms with Gasteiger partial charge in [0, 0.05) is 33.2 Å². The average molecular weight is 361 g/mol. The monoisotopic (exact) mass is 360 g/mol. The van der Waals surface area contributed by atoms with Gasteiger partial charge >= 0.3 is 0 Å². The van der Waals surface area contributed by atoms with Gasteiger partial charge in [-0.1, -0.05) is 41.9 Å². The van der Waals surface area contributed by atoms with Crippen molar-refractivity contribution in [2.24, 2.45) is 5.92 Å². The van der Waals surface area contributed by atoms with E-state index in [9.17, 15) is 5.11 Å². The van der Waals surface area contributed by atoms with Gasteiger partial charge in [0.1, 0.15) is 5.82 Å². The lowest BCUT2D eigenvalue weighted by Gasteiger charge is -2.22. The van der Waals surface area contributed by atoms with Crippen molar-refractivity contribution in [3.63, 3.8) is 0 Å². The van der Waals surface area contributed by atoms with Crippen LogP contribution < -0.4 is 4.90 Å². The zero-order chi connectivity index (χ0) is 17.6. The highest BCUT2D eigenvalue weighted by atomic mass is 35.5. The van der Waals surface area contributed by atoms with Crippen LogP contribution in [0.5, 0.6) is 0 Å². The Balaban J connectivity index is 1.66. The van der Waals surface area contributed by atoms with Crippen LogP contribution in [0.4, 0.5) is 5.82 Å². The molecule has 1 aliphatic carbocycles. The van der Waals surface area contributed by atoms with E-state index in [0.717, 1.165) is 30.5 Å². The minimum atomic E-state index is 0.0973. The van der Waals surface area contributed by atoms with E-state index in [4.69, 9.17) is 11.6 Å². The van der Waals surface area contributed by atoms with Gasteiger partial charge in [-0.15, -0.1) is 0 Å². The van der Waals surface area contributed by atoms with Crippen molar-refractivity contribution in [1.29, 1.82) is 0 Å². The fourth-order valence-corrected chi connectivity index (χ4v) is 3.06. The second-order valence-corrected chi connectivity index (χ2v) is 7.07. The molecule has 0 bridgehead atoms. The second kappa shape index (κ2) is 8.61. The number of aliphatic hydroxyl groups excluding tert-OH is 1. The van der Waals surface area contributed by atoms with Crippen molar-refractivity contribution in [3.05, 3.63) is 52.9 Å². The highest BCUT2D eigenvalue weighted by molar-refractivity contribution is 6.30. The molecule has 1 aromatic carbocycles. The minimum absolute atomic E-state index is 0.0973. The number of hydrogen-bond donors (Lipinski definition) is 1. The van der Waals surface area contributed by atoms with Gasteiger partial charge in [-0.2, -0.15) is 0 Å². The number of aromatic nitrogens is 2. The Morgan fingerprint density at radius 3 is 2.60 bits per heavy atom. The first-order valence-electron chi connectivity index (χ1n) is 8.75. The van der Waals surface area contributed by atoms with E-state index in [0.29, 0.717) is 18.2 Å². The average Bonchev–Trinajstić information content (AvgIpc) is 3.41. The van der Waals surface area contributed by atoms with Gasteiger partial charge in [0.15, 0.2) is 5.15 Å². The van der Waals surface area contributed by atoms with Crippen LogP contribution in [0.3, 0.4) is 0 Å². The summed E-state index contributed by atoms with van der Waals surface area (Å²) in [5, 5.41) is 9.79. The number of halogens is 1. The Morgan fingerprint density at radius 1 is 1.20 bits per heavy atom. The van der Waals surface area contributed by atoms with Crippen LogP contribution >= 0.6 is 11.6 Å². The molecule has 1 aromatic heterocycles. The summed E-state index contributed by atoms with van der Waals surface area (Å²) in [4.78, 5) is 13.3. The van der Waals surface area contributed by atoms with E-state index < -0.39 is 0 Å². The van der Waals surface area contributed by atoms with Crippen LogP contribution in [0, 0.1) is 5.92 Å². The molecule has 1 saturated carbocycles. The Kier molecular flexibility index (Phi) is 6.24. The SMILES string of the molecule is CN(CC1CC1)c1cnc(CN(CCO)Cc2ccccc2)c(Cl)n1. The molecule has 3 rings (SSSR count). The van der Waals surface area contributed by atoms with Gasteiger partial charge < -0.3 is 10.0 Å². The zero-order valence-corrected chi connectivity index (χ0v) is 15.4. The van der Waals surface area contributed by atoms with Crippen molar-refractivity contribution in [2.45, 2.75) is 25.9 Å². The lowest BCUT2D eigenvalue weighted by molar-refractivity contribution is 0.183. The number of rotatable bonds is 9. The van der Waals surface area contributed by atoms with Gasteiger partial charge in [-0.3, -0.25) is 9.88 Å². The van der Waals surface area contributed by atoms with Crippen molar-refractivity contribution >= 4 is 17.4 Å². The van der Waals surface area contributed by atoms with Gasteiger partial charge in [0.05, 0.1) is 18.5 Å². The summed E-state index contributed by atoms with van der Waals surface area (Å²) in [5.41, 5.74) is 1.94. The third kappa shape index (κ3) is 5.39.